The number of fused-ring (bicyclic) bond motifs is 2. The topological polar surface area (TPSA) is 49.8 Å². The second-order valence-electron chi connectivity index (χ2n) is 7.65. The molecule has 0 aliphatic carbocycles. The molecule has 4 nitrogen and oxygen atoms in total. The Morgan fingerprint density at radius 2 is 1.58 bits per heavy atom. The van der Waals surface area contributed by atoms with E-state index in [2.05, 4.69) is 18.7 Å². The highest BCUT2D eigenvalue weighted by Gasteiger charge is 2.47. The lowest BCUT2D eigenvalue weighted by atomic mass is 9.76. The van der Waals surface area contributed by atoms with Crippen LogP contribution >= 0.6 is 23.5 Å². The summed E-state index contributed by atoms with van der Waals surface area (Å²) in [6, 6.07) is 0. The van der Waals surface area contributed by atoms with Gasteiger partial charge in [0.1, 0.15) is 0 Å². The number of carbonyl (C=O) groups is 1. The average Bonchev–Trinajstić information content (AvgIpc) is 3.22. The minimum absolute atomic E-state index is 0.186. The number of rotatable bonds is 14. The molecule has 0 aromatic heterocycles. The number of hydrogen-bond acceptors (Lipinski definition) is 5. The minimum atomic E-state index is -0.186. The van der Waals surface area contributed by atoms with Crippen LogP contribution in [0.25, 0.3) is 0 Å². The Kier molecular flexibility index (Phi) is 10.8. The molecule has 6 heteroatoms. The molecule has 0 saturated carbocycles. The molecular weight excluding hydrogens is 366 g/mol. The monoisotopic (exact) mass is 403 g/mol. The van der Waals surface area contributed by atoms with Crippen molar-refractivity contribution < 1.29 is 14.7 Å². The molecule has 2 bridgehead atoms. The van der Waals surface area contributed by atoms with Gasteiger partial charge in [0, 0.05) is 13.5 Å². The van der Waals surface area contributed by atoms with E-state index in [0.717, 1.165) is 30.4 Å². The van der Waals surface area contributed by atoms with E-state index in [9.17, 15) is 4.79 Å². The van der Waals surface area contributed by atoms with Crippen LogP contribution in [0.5, 0.6) is 0 Å². The highest BCUT2D eigenvalue weighted by atomic mass is 32.2. The van der Waals surface area contributed by atoms with Gasteiger partial charge in [0.05, 0.1) is 12.2 Å². The van der Waals surface area contributed by atoms with Gasteiger partial charge < -0.3 is 4.74 Å². The van der Waals surface area contributed by atoms with Crippen LogP contribution in [-0.4, -0.2) is 58.4 Å². The lowest BCUT2D eigenvalue weighted by molar-refractivity contribution is -0.159. The maximum Gasteiger partial charge on any atom is 0.245 e. The summed E-state index contributed by atoms with van der Waals surface area (Å²) < 4.78 is 6.24. The van der Waals surface area contributed by atoms with Crippen LogP contribution in [0.4, 0.5) is 0 Å². The Hall–Kier alpha value is 0.0900. The van der Waals surface area contributed by atoms with Gasteiger partial charge in [0.25, 0.3) is 0 Å². The van der Waals surface area contributed by atoms with Gasteiger partial charge in [-0.1, -0.05) is 13.3 Å². The summed E-state index contributed by atoms with van der Waals surface area (Å²) in [6.45, 7) is 2.26. The van der Waals surface area contributed by atoms with Crippen LogP contribution in [0.1, 0.15) is 64.7 Å². The van der Waals surface area contributed by atoms with Gasteiger partial charge in [-0.05, 0) is 79.8 Å². The molecule has 2 fully saturated rings. The molecule has 0 aromatic carbocycles. The molecule has 2 saturated heterocycles. The Bertz CT molecular complexity index is 409. The van der Waals surface area contributed by atoms with Crippen molar-refractivity contribution in [1.82, 2.24) is 5.06 Å². The number of amides is 1. The summed E-state index contributed by atoms with van der Waals surface area (Å²) in [5.41, 5.74) is 0. The van der Waals surface area contributed by atoms with Gasteiger partial charge in [0.2, 0.25) is 5.91 Å². The molecule has 1 amide bonds. The van der Waals surface area contributed by atoms with Crippen molar-refractivity contribution in [3.05, 3.63) is 0 Å². The standard InChI is InChI=1S/C20H37NO3S2/c1-3-4-12-25-14-10-16-17(19-9-8-18(16)24-19)11-15-26-13-6-5-7-20(22)21(2)23/h16-19,23H,3-15H2,1-2H3/t16-,17+,18-,19+/m0/s1. The van der Waals surface area contributed by atoms with E-state index < -0.39 is 0 Å². The summed E-state index contributed by atoms with van der Waals surface area (Å²) in [5, 5.41) is 9.73. The van der Waals surface area contributed by atoms with E-state index in [1.807, 2.05) is 11.8 Å². The Balaban J connectivity index is 1.56. The zero-order valence-corrected chi connectivity index (χ0v) is 18.2. The molecule has 152 valence electrons. The summed E-state index contributed by atoms with van der Waals surface area (Å²) in [6.07, 6.45) is 11.3. The summed E-state index contributed by atoms with van der Waals surface area (Å²) >= 11 is 4.14. The van der Waals surface area contributed by atoms with Crippen LogP contribution in [0.2, 0.25) is 0 Å². The highest BCUT2D eigenvalue weighted by molar-refractivity contribution is 7.99. The summed E-state index contributed by atoms with van der Waals surface area (Å²) in [4.78, 5) is 11.3. The van der Waals surface area contributed by atoms with Crippen molar-refractivity contribution in [1.29, 1.82) is 0 Å². The predicted octanol–water partition coefficient (Wildman–Crippen LogP) is 4.84. The summed E-state index contributed by atoms with van der Waals surface area (Å²) in [5.74, 6) is 6.32. The van der Waals surface area contributed by atoms with E-state index in [1.54, 1.807) is 0 Å². The second kappa shape index (κ2) is 12.5. The van der Waals surface area contributed by atoms with Crippen LogP contribution < -0.4 is 0 Å². The fourth-order valence-corrected chi connectivity index (χ4v) is 6.39. The van der Waals surface area contributed by atoms with E-state index in [-0.39, 0.29) is 5.91 Å². The van der Waals surface area contributed by atoms with Gasteiger partial charge in [-0.2, -0.15) is 23.5 Å². The Morgan fingerprint density at radius 1 is 1.00 bits per heavy atom. The largest absolute Gasteiger partial charge is 0.374 e. The summed E-state index contributed by atoms with van der Waals surface area (Å²) in [7, 11) is 1.40. The van der Waals surface area contributed by atoms with Gasteiger partial charge in [-0.15, -0.1) is 0 Å². The Labute approximate surface area is 168 Å². The van der Waals surface area contributed by atoms with Crippen LogP contribution in [0.3, 0.4) is 0 Å². The molecule has 2 rings (SSSR count). The quantitative estimate of drug-likeness (QED) is 0.255. The SMILES string of the molecule is CCCCSCC[C@H]1[C@@H](CCSCCCCC(=O)N(C)O)[C@H]2CC[C@@H]1O2. The first kappa shape index (κ1) is 22.4. The third-order valence-electron chi connectivity index (χ3n) is 5.71. The lowest BCUT2D eigenvalue weighted by Gasteiger charge is -2.28. The molecular formula is C20H37NO3S2. The number of nitrogens with zero attached hydrogens (tertiary/aromatic N) is 1. The molecule has 0 unspecified atom stereocenters. The normalized spacial score (nSPS) is 27.2. The third kappa shape index (κ3) is 7.25. The van der Waals surface area contributed by atoms with E-state index >= 15 is 0 Å². The number of hydrogen-bond donors (Lipinski definition) is 1. The highest BCUT2D eigenvalue weighted by Crippen LogP contribution is 2.47. The Morgan fingerprint density at radius 3 is 2.12 bits per heavy atom. The molecule has 0 aromatic rings. The third-order valence-corrected chi connectivity index (χ3v) is 7.92. The first-order valence-corrected chi connectivity index (χ1v) is 12.7. The first-order valence-electron chi connectivity index (χ1n) is 10.4. The van der Waals surface area contributed by atoms with Crippen molar-refractivity contribution in [2.45, 2.75) is 76.9 Å². The van der Waals surface area contributed by atoms with Crippen molar-refractivity contribution in [2.75, 3.05) is 30.1 Å². The lowest BCUT2D eigenvalue weighted by Crippen LogP contribution is -2.28. The number of unbranched alkanes of at least 4 members (excludes halogenated alkanes) is 2. The molecule has 2 heterocycles. The number of thioether (sulfide) groups is 2. The molecule has 4 atom stereocenters. The number of ether oxygens (including phenoxy) is 1. The molecule has 0 radical (unpaired) electrons. The van der Waals surface area contributed by atoms with Crippen molar-refractivity contribution in [3.63, 3.8) is 0 Å². The second-order valence-corrected chi connectivity index (χ2v) is 10.1. The molecule has 26 heavy (non-hydrogen) atoms. The predicted molar refractivity (Wildman–Crippen MR) is 112 cm³/mol. The number of carbonyl (C=O) groups excluding carboxylic acids is 1. The van der Waals surface area contributed by atoms with Crippen molar-refractivity contribution in [2.24, 2.45) is 11.8 Å². The van der Waals surface area contributed by atoms with E-state index in [4.69, 9.17) is 9.94 Å². The van der Waals surface area contributed by atoms with Gasteiger partial charge in [0.15, 0.2) is 0 Å². The van der Waals surface area contributed by atoms with Crippen LogP contribution in [0, 0.1) is 11.8 Å². The first-order chi connectivity index (χ1) is 12.6. The van der Waals surface area contributed by atoms with Crippen LogP contribution in [-0.2, 0) is 9.53 Å². The van der Waals surface area contributed by atoms with E-state index in [1.165, 1.54) is 62.8 Å². The van der Waals surface area contributed by atoms with Gasteiger partial charge in [-0.3, -0.25) is 10.0 Å². The fraction of sp³-hybridized carbons (Fsp3) is 0.950. The van der Waals surface area contributed by atoms with Crippen molar-refractivity contribution in [3.8, 4) is 0 Å². The maximum atomic E-state index is 11.3. The zero-order valence-electron chi connectivity index (χ0n) is 16.5. The molecule has 1 N–H and O–H groups in total. The molecule has 2 aliphatic heterocycles. The molecule has 0 spiro atoms. The van der Waals surface area contributed by atoms with Gasteiger partial charge >= 0.3 is 0 Å². The maximum absolute atomic E-state index is 11.3. The number of hydroxylamine groups is 2. The van der Waals surface area contributed by atoms with Crippen LogP contribution in [0.15, 0.2) is 0 Å². The molecule has 2 aliphatic rings. The smallest absolute Gasteiger partial charge is 0.245 e. The average molecular weight is 404 g/mol. The minimum Gasteiger partial charge on any atom is -0.374 e. The zero-order chi connectivity index (χ0) is 18.8. The van der Waals surface area contributed by atoms with Crippen molar-refractivity contribution >= 4 is 29.4 Å². The van der Waals surface area contributed by atoms with Gasteiger partial charge in [-0.25, -0.2) is 5.06 Å². The fourth-order valence-electron chi connectivity index (χ4n) is 4.20. The van der Waals surface area contributed by atoms with E-state index in [0.29, 0.717) is 23.7 Å².